The number of thioether (sulfide) groups is 1. The van der Waals surface area contributed by atoms with E-state index in [1.807, 2.05) is 6.07 Å². The van der Waals surface area contributed by atoms with Crippen LogP contribution in [0.25, 0.3) is 0 Å². The smallest absolute Gasteiger partial charge is 0.289 e. The van der Waals surface area contributed by atoms with Crippen molar-refractivity contribution in [3.05, 3.63) is 35.4 Å². The van der Waals surface area contributed by atoms with Crippen molar-refractivity contribution < 1.29 is 14.4 Å². The van der Waals surface area contributed by atoms with Crippen molar-refractivity contribution in [2.24, 2.45) is 5.73 Å². The fraction of sp³-hybridized carbons (Fsp3) is 0.400. The molecule has 0 aliphatic carbocycles. The first-order valence-corrected chi connectivity index (χ1v) is 8.14. The van der Waals surface area contributed by atoms with Crippen LogP contribution in [0.2, 0.25) is 0 Å². The minimum atomic E-state index is -0.229. The third-order valence-corrected chi connectivity index (χ3v) is 4.73. The maximum Gasteiger partial charge on any atom is 0.289 e. The number of amides is 3. The van der Waals surface area contributed by atoms with Crippen molar-refractivity contribution in [1.82, 2.24) is 9.80 Å². The van der Waals surface area contributed by atoms with Gasteiger partial charge in [0.15, 0.2) is 0 Å². The number of benzene rings is 1. The molecule has 6 nitrogen and oxygen atoms in total. The Kier molecular flexibility index (Phi) is 4.17. The summed E-state index contributed by atoms with van der Waals surface area (Å²) >= 11 is 1.01. The predicted octanol–water partition coefficient (Wildman–Crippen LogP) is 1.06. The molecule has 0 radical (unpaired) electrons. The van der Waals surface area contributed by atoms with Gasteiger partial charge in [-0.15, -0.1) is 0 Å². The zero-order valence-corrected chi connectivity index (χ0v) is 12.8. The van der Waals surface area contributed by atoms with Crippen molar-refractivity contribution in [1.29, 1.82) is 0 Å². The number of nitrogens with two attached hydrogens (primary N) is 1. The molecule has 1 aromatic carbocycles. The van der Waals surface area contributed by atoms with Gasteiger partial charge >= 0.3 is 0 Å². The van der Waals surface area contributed by atoms with Crippen LogP contribution in [0.5, 0.6) is 0 Å². The fourth-order valence-electron chi connectivity index (χ4n) is 2.67. The second kappa shape index (κ2) is 6.10. The molecule has 3 amide bonds. The van der Waals surface area contributed by atoms with E-state index in [0.29, 0.717) is 18.7 Å². The van der Waals surface area contributed by atoms with Crippen molar-refractivity contribution in [3.63, 3.8) is 0 Å². The third-order valence-electron chi connectivity index (χ3n) is 3.87. The predicted molar refractivity (Wildman–Crippen MR) is 83.3 cm³/mol. The lowest BCUT2D eigenvalue weighted by molar-refractivity contribution is -0.125. The van der Waals surface area contributed by atoms with E-state index in [2.05, 4.69) is 0 Å². The second-order valence-corrected chi connectivity index (χ2v) is 6.46. The highest BCUT2D eigenvalue weighted by atomic mass is 32.2. The van der Waals surface area contributed by atoms with Crippen molar-refractivity contribution >= 4 is 28.8 Å². The van der Waals surface area contributed by atoms with Gasteiger partial charge in [0.05, 0.1) is 12.3 Å². The van der Waals surface area contributed by atoms with E-state index in [0.717, 1.165) is 23.7 Å². The number of imide groups is 1. The fourth-order valence-corrected chi connectivity index (χ4v) is 3.40. The summed E-state index contributed by atoms with van der Waals surface area (Å²) < 4.78 is 0. The zero-order chi connectivity index (χ0) is 15.7. The summed E-state index contributed by atoms with van der Waals surface area (Å²) in [5, 5.41) is -0.229. The van der Waals surface area contributed by atoms with Crippen LogP contribution in [-0.2, 0) is 11.3 Å². The standard InChI is InChI=1S/C15H17N3O3S/c16-12-4-5-17(8-12)14(20)11-3-1-2-10(6-11)7-18-13(19)9-22-15(18)21/h1-3,6,12H,4-5,7-9,16H2/t12-/m1/s1. The molecule has 2 aliphatic rings. The Morgan fingerprint density at radius 2 is 2.18 bits per heavy atom. The molecule has 22 heavy (non-hydrogen) atoms. The van der Waals surface area contributed by atoms with E-state index >= 15 is 0 Å². The van der Waals surface area contributed by atoms with Gasteiger partial charge in [0.2, 0.25) is 5.91 Å². The van der Waals surface area contributed by atoms with E-state index in [1.54, 1.807) is 23.1 Å². The highest BCUT2D eigenvalue weighted by Gasteiger charge is 2.30. The van der Waals surface area contributed by atoms with Gasteiger partial charge in [-0.05, 0) is 24.1 Å². The Balaban J connectivity index is 1.74. The molecular formula is C15H17N3O3S. The quantitative estimate of drug-likeness (QED) is 0.900. The Morgan fingerprint density at radius 1 is 1.36 bits per heavy atom. The summed E-state index contributed by atoms with van der Waals surface area (Å²) in [6, 6.07) is 7.13. The Labute approximate surface area is 132 Å². The number of hydrogen-bond donors (Lipinski definition) is 1. The lowest BCUT2D eigenvalue weighted by Crippen LogP contribution is -2.32. The minimum absolute atomic E-state index is 0.0454. The van der Waals surface area contributed by atoms with Crippen LogP contribution in [0.3, 0.4) is 0 Å². The summed E-state index contributed by atoms with van der Waals surface area (Å²) in [5.74, 6) is -0.0381. The number of hydrogen-bond acceptors (Lipinski definition) is 5. The van der Waals surface area contributed by atoms with Crippen LogP contribution >= 0.6 is 11.8 Å². The monoisotopic (exact) mass is 319 g/mol. The van der Waals surface area contributed by atoms with Gasteiger partial charge < -0.3 is 10.6 Å². The van der Waals surface area contributed by atoms with Crippen LogP contribution < -0.4 is 5.73 Å². The Bertz CT molecular complexity index is 618. The topological polar surface area (TPSA) is 83.7 Å². The van der Waals surface area contributed by atoms with Gasteiger partial charge in [-0.3, -0.25) is 19.3 Å². The molecule has 0 aromatic heterocycles. The Morgan fingerprint density at radius 3 is 2.82 bits per heavy atom. The van der Waals surface area contributed by atoms with Crippen LogP contribution in [0.4, 0.5) is 4.79 Å². The van der Waals surface area contributed by atoms with Gasteiger partial charge in [0.1, 0.15) is 0 Å². The molecule has 2 saturated heterocycles. The van der Waals surface area contributed by atoms with Gasteiger partial charge in [0.25, 0.3) is 11.1 Å². The number of rotatable bonds is 3. The van der Waals surface area contributed by atoms with Gasteiger partial charge in [-0.1, -0.05) is 23.9 Å². The van der Waals surface area contributed by atoms with Crippen LogP contribution in [-0.4, -0.2) is 51.7 Å². The molecule has 0 spiro atoms. The molecule has 1 aromatic rings. The molecule has 2 fully saturated rings. The van der Waals surface area contributed by atoms with Gasteiger partial charge in [-0.2, -0.15) is 0 Å². The third kappa shape index (κ3) is 3.00. The average Bonchev–Trinajstić information content (AvgIpc) is 3.08. The molecule has 7 heteroatoms. The van der Waals surface area contributed by atoms with Crippen molar-refractivity contribution in [2.45, 2.75) is 19.0 Å². The molecule has 0 unspecified atom stereocenters. The molecule has 116 valence electrons. The molecule has 0 saturated carbocycles. The number of likely N-dealkylation sites (tertiary alicyclic amines) is 1. The van der Waals surface area contributed by atoms with E-state index in [4.69, 9.17) is 5.73 Å². The lowest BCUT2D eigenvalue weighted by atomic mass is 10.1. The van der Waals surface area contributed by atoms with E-state index in [-0.39, 0.29) is 35.4 Å². The summed E-state index contributed by atoms with van der Waals surface area (Å²) in [6.45, 7) is 1.46. The lowest BCUT2D eigenvalue weighted by Gasteiger charge is -2.17. The molecule has 0 bridgehead atoms. The maximum absolute atomic E-state index is 12.4. The minimum Gasteiger partial charge on any atom is -0.337 e. The van der Waals surface area contributed by atoms with E-state index < -0.39 is 0 Å². The number of carbonyl (C=O) groups is 3. The van der Waals surface area contributed by atoms with Crippen LogP contribution in [0.1, 0.15) is 22.3 Å². The molecule has 1 atom stereocenters. The largest absolute Gasteiger partial charge is 0.337 e. The summed E-state index contributed by atoms with van der Waals surface area (Å²) in [7, 11) is 0. The van der Waals surface area contributed by atoms with Gasteiger partial charge in [-0.25, -0.2) is 0 Å². The molecule has 3 rings (SSSR count). The SMILES string of the molecule is N[C@@H]1CCN(C(=O)c2cccc(CN3C(=O)CSC3=O)c2)C1. The molecule has 2 aliphatic heterocycles. The van der Waals surface area contributed by atoms with Crippen molar-refractivity contribution in [2.75, 3.05) is 18.8 Å². The second-order valence-electron chi connectivity index (χ2n) is 5.53. The highest BCUT2D eigenvalue weighted by Crippen LogP contribution is 2.22. The normalized spacial score (nSPS) is 21.8. The van der Waals surface area contributed by atoms with Crippen LogP contribution in [0.15, 0.2) is 24.3 Å². The van der Waals surface area contributed by atoms with Crippen molar-refractivity contribution in [3.8, 4) is 0 Å². The maximum atomic E-state index is 12.4. The summed E-state index contributed by atoms with van der Waals surface area (Å²) in [4.78, 5) is 38.7. The van der Waals surface area contributed by atoms with E-state index in [1.165, 1.54) is 4.90 Å². The van der Waals surface area contributed by atoms with Crippen LogP contribution in [0, 0.1) is 0 Å². The number of carbonyl (C=O) groups excluding carboxylic acids is 3. The first kappa shape index (κ1) is 15.1. The summed E-state index contributed by atoms with van der Waals surface area (Å²) in [6.07, 6.45) is 0.819. The molecule has 2 N–H and O–H groups in total. The summed E-state index contributed by atoms with van der Waals surface area (Å²) in [5.41, 5.74) is 7.18. The Hall–Kier alpha value is -1.86. The molecular weight excluding hydrogens is 302 g/mol. The zero-order valence-electron chi connectivity index (χ0n) is 12.0. The highest BCUT2D eigenvalue weighted by molar-refractivity contribution is 8.14. The van der Waals surface area contributed by atoms with E-state index in [9.17, 15) is 14.4 Å². The average molecular weight is 319 g/mol. The first-order valence-electron chi connectivity index (χ1n) is 7.15. The first-order chi connectivity index (χ1) is 10.5. The number of nitrogens with zero attached hydrogens (tertiary/aromatic N) is 2. The van der Waals surface area contributed by atoms with Gasteiger partial charge in [0, 0.05) is 24.7 Å². The molecule has 2 heterocycles.